The quantitative estimate of drug-likeness (QED) is 0.736. The van der Waals surface area contributed by atoms with Crippen molar-refractivity contribution >= 4 is 5.69 Å². The third-order valence-corrected chi connectivity index (χ3v) is 4.64. The number of nitrogens with one attached hydrogen (secondary N) is 1. The summed E-state index contributed by atoms with van der Waals surface area (Å²) in [6.45, 7) is 2.30. The van der Waals surface area contributed by atoms with E-state index >= 15 is 0 Å². The Morgan fingerprint density at radius 1 is 0.909 bits per heavy atom. The number of aryl methyl sites for hydroxylation is 1. The fourth-order valence-electron chi connectivity index (χ4n) is 3.42. The first-order chi connectivity index (χ1) is 10.8. The molecule has 0 radical (unpaired) electrons. The van der Waals surface area contributed by atoms with Gasteiger partial charge in [0.25, 0.3) is 0 Å². The number of anilines is 1. The van der Waals surface area contributed by atoms with Gasteiger partial charge in [-0.3, -0.25) is 0 Å². The predicted octanol–water partition coefficient (Wildman–Crippen LogP) is 4.75. The first kappa shape index (κ1) is 13.2. The molecule has 1 atom stereocenters. The lowest BCUT2D eigenvalue weighted by Crippen LogP contribution is -2.38. The zero-order valence-corrected chi connectivity index (χ0v) is 12.8. The molecule has 2 heteroatoms. The fourth-order valence-corrected chi connectivity index (χ4v) is 3.42. The minimum Gasteiger partial charge on any atom is -0.373 e. The van der Waals surface area contributed by atoms with E-state index in [-0.39, 0.29) is 5.54 Å². The van der Waals surface area contributed by atoms with Crippen LogP contribution in [0.3, 0.4) is 0 Å². The van der Waals surface area contributed by atoms with E-state index in [0.29, 0.717) is 0 Å². The summed E-state index contributed by atoms with van der Waals surface area (Å²) in [5.74, 6) is 0. The zero-order chi connectivity index (χ0) is 15.0. The van der Waals surface area contributed by atoms with Gasteiger partial charge in [-0.15, -0.1) is 0 Å². The Hall–Kier alpha value is -2.48. The van der Waals surface area contributed by atoms with Crippen LogP contribution in [0.2, 0.25) is 0 Å². The van der Waals surface area contributed by atoms with Gasteiger partial charge in [0.15, 0.2) is 0 Å². The van der Waals surface area contributed by atoms with Gasteiger partial charge in [0.05, 0.1) is 16.9 Å². The normalized spacial score (nSPS) is 19.1. The molecule has 1 aromatic heterocycles. The van der Waals surface area contributed by atoms with E-state index in [2.05, 4.69) is 89.7 Å². The Morgan fingerprint density at radius 3 is 2.55 bits per heavy atom. The molecular weight excluding hydrogens is 268 g/mol. The van der Waals surface area contributed by atoms with Crippen LogP contribution < -0.4 is 5.32 Å². The molecule has 0 saturated heterocycles. The summed E-state index contributed by atoms with van der Waals surface area (Å²) in [6, 6.07) is 23.6. The van der Waals surface area contributed by atoms with E-state index in [1.165, 1.54) is 22.6 Å². The van der Waals surface area contributed by atoms with E-state index < -0.39 is 0 Å². The van der Waals surface area contributed by atoms with Gasteiger partial charge < -0.3 is 9.88 Å². The van der Waals surface area contributed by atoms with E-state index in [4.69, 9.17) is 0 Å². The van der Waals surface area contributed by atoms with Gasteiger partial charge in [0.2, 0.25) is 0 Å². The van der Waals surface area contributed by atoms with Crippen LogP contribution in [0, 0.1) is 0 Å². The maximum atomic E-state index is 3.77. The summed E-state index contributed by atoms with van der Waals surface area (Å²) in [6.07, 6.45) is 4.29. The van der Waals surface area contributed by atoms with Gasteiger partial charge in [0, 0.05) is 11.9 Å². The number of para-hydroxylation sites is 2. The second kappa shape index (κ2) is 5.06. The van der Waals surface area contributed by atoms with E-state index in [9.17, 15) is 0 Å². The van der Waals surface area contributed by atoms with Gasteiger partial charge in [-0.05, 0) is 49.6 Å². The Kier molecular flexibility index (Phi) is 3.04. The predicted molar refractivity (Wildman–Crippen MR) is 91.5 cm³/mol. The number of hydrogen-bond acceptors (Lipinski definition) is 1. The molecule has 4 rings (SSSR count). The maximum absolute atomic E-state index is 3.77. The van der Waals surface area contributed by atoms with Crippen LogP contribution in [0.5, 0.6) is 0 Å². The van der Waals surface area contributed by atoms with Crippen molar-refractivity contribution in [3.05, 3.63) is 84.2 Å². The average molecular weight is 288 g/mol. The molecule has 0 saturated carbocycles. The summed E-state index contributed by atoms with van der Waals surface area (Å²) < 4.78 is 2.32. The monoisotopic (exact) mass is 288 g/mol. The smallest absolute Gasteiger partial charge is 0.0755 e. The molecule has 110 valence electrons. The molecule has 2 aromatic carbocycles. The highest BCUT2D eigenvalue weighted by molar-refractivity contribution is 5.66. The van der Waals surface area contributed by atoms with Crippen molar-refractivity contribution in [1.29, 1.82) is 0 Å². The molecule has 2 heterocycles. The minimum atomic E-state index is -0.0479. The highest BCUT2D eigenvalue weighted by atomic mass is 15.1. The van der Waals surface area contributed by atoms with Crippen LogP contribution in [0.4, 0.5) is 5.69 Å². The van der Waals surface area contributed by atoms with Crippen LogP contribution in [0.25, 0.3) is 5.69 Å². The van der Waals surface area contributed by atoms with E-state index in [0.717, 1.165) is 12.8 Å². The molecule has 0 spiro atoms. The van der Waals surface area contributed by atoms with Crippen LogP contribution in [0.1, 0.15) is 24.6 Å². The molecule has 0 bridgehead atoms. The maximum Gasteiger partial charge on any atom is 0.0755 e. The summed E-state index contributed by atoms with van der Waals surface area (Å²) >= 11 is 0. The number of fused-ring (bicyclic) bond motifs is 3. The van der Waals surface area contributed by atoms with Gasteiger partial charge in [0.1, 0.15) is 0 Å². The van der Waals surface area contributed by atoms with Crippen molar-refractivity contribution in [2.75, 3.05) is 5.32 Å². The Morgan fingerprint density at radius 2 is 1.68 bits per heavy atom. The van der Waals surface area contributed by atoms with Crippen LogP contribution in [-0.2, 0) is 12.0 Å². The fraction of sp³-hybridized carbons (Fsp3) is 0.200. The molecule has 0 fully saturated rings. The first-order valence-corrected chi connectivity index (χ1v) is 7.86. The summed E-state index contributed by atoms with van der Waals surface area (Å²) in [5.41, 5.74) is 5.12. The second-order valence-electron chi connectivity index (χ2n) is 6.22. The molecular formula is C20H20N2. The van der Waals surface area contributed by atoms with Gasteiger partial charge in [-0.2, -0.15) is 0 Å². The Balaban J connectivity index is 1.68. The molecule has 1 N–H and O–H groups in total. The SMILES string of the molecule is CC1(CCc2ccccc2)Nc2ccccc2-n2cccc21. The van der Waals surface area contributed by atoms with Crippen molar-refractivity contribution < 1.29 is 0 Å². The van der Waals surface area contributed by atoms with Gasteiger partial charge in [-0.1, -0.05) is 42.5 Å². The lowest BCUT2D eigenvalue weighted by Gasteiger charge is -2.38. The molecule has 1 aliphatic rings. The van der Waals surface area contributed by atoms with Crippen LogP contribution >= 0.6 is 0 Å². The van der Waals surface area contributed by atoms with Crippen molar-refractivity contribution in [2.24, 2.45) is 0 Å². The second-order valence-corrected chi connectivity index (χ2v) is 6.22. The first-order valence-electron chi connectivity index (χ1n) is 7.86. The van der Waals surface area contributed by atoms with Gasteiger partial charge >= 0.3 is 0 Å². The molecule has 3 aromatic rings. The van der Waals surface area contributed by atoms with Crippen molar-refractivity contribution in [3.8, 4) is 5.69 Å². The summed E-state index contributed by atoms with van der Waals surface area (Å²) in [5, 5.41) is 3.77. The van der Waals surface area contributed by atoms with Gasteiger partial charge in [-0.25, -0.2) is 0 Å². The number of hydrogen-bond donors (Lipinski definition) is 1. The minimum absolute atomic E-state index is 0.0479. The van der Waals surface area contributed by atoms with Crippen molar-refractivity contribution in [3.63, 3.8) is 0 Å². The zero-order valence-electron chi connectivity index (χ0n) is 12.8. The topological polar surface area (TPSA) is 17.0 Å². The molecule has 1 aliphatic heterocycles. The molecule has 0 amide bonds. The highest BCUT2D eigenvalue weighted by Crippen LogP contribution is 2.39. The van der Waals surface area contributed by atoms with Crippen molar-refractivity contribution in [2.45, 2.75) is 25.3 Å². The average Bonchev–Trinajstić information content (AvgIpc) is 3.05. The van der Waals surface area contributed by atoms with E-state index in [1.54, 1.807) is 0 Å². The third kappa shape index (κ3) is 2.12. The molecule has 0 aliphatic carbocycles. The van der Waals surface area contributed by atoms with Crippen LogP contribution in [0.15, 0.2) is 72.9 Å². The van der Waals surface area contributed by atoms with Crippen molar-refractivity contribution in [1.82, 2.24) is 4.57 Å². The Bertz CT molecular complexity index is 788. The Labute approximate surface area is 131 Å². The third-order valence-electron chi connectivity index (χ3n) is 4.64. The summed E-state index contributed by atoms with van der Waals surface area (Å²) in [7, 11) is 0. The highest BCUT2D eigenvalue weighted by Gasteiger charge is 2.33. The van der Waals surface area contributed by atoms with Crippen LogP contribution in [-0.4, -0.2) is 4.57 Å². The molecule has 2 nitrogen and oxygen atoms in total. The molecule has 22 heavy (non-hydrogen) atoms. The lowest BCUT2D eigenvalue weighted by atomic mass is 9.87. The number of benzene rings is 2. The molecule has 1 unspecified atom stereocenters. The lowest BCUT2D eigenvalue weighted by molar-refractivity contribution is 0.465. The largest absolute Gasteiger partial charge is 0.373 e. The standard InChI is InChI=1S/C20H20N2/c1-20(14-13-16-8-3-2-4-9-16)19-12-7-15-22(19)18-11-6-5-10-17(18)21-20/h2-12,15,21H,13-14H2,1H3. The number of aromatic nitrogens is 1. The number of rotatable bonds is 3. The number of nitrogens with zero attached hydrogens (tertiary/aromatic N) is 1. The summed E-state index contributed by atoms with van der Waals surface area (Å²) in [4.78, 5) is 0. The van der Waals surface area contributed by atoms with E-state index in [1.807, 2.05) is 0 Å².